The number of hydrogen-bond acceptors (Lipinski definition) is 3. The monoisotopic (exact) mass is 296 g/mol. The first-order valence-corrected chi connectivity index (χ1v) is 7.34. The van der Waals surface area contributed by atoms with E-state index in [2.05, 4.69) is 16.8 Å². The third kappa shape index (κ3) is 4.58. The second-order valence-electron chi connectivity index (χ2n) is 5.87. The van der Waals surface area contributed by atoms with Crippen LogP contribution in [0.3, 0.4) is 0 Å². The summed E-state index contributed by atoms with van der Waals surface area (Å²) in [5.74, 6) is -1.64. The molecule has 0 bridgehead atoms. The molecule has 0 saturated carbocycles. The molecule has 1 atom stereocenters. The summed E-state index contributed by atoms with van der Waals surface area (Å²) in [6, 6.07) is 3.50. The Morgan fingerprint density at radius 3 is 2.57 bits per heavy atom. The zero-order chi connectivity index (χ0) is 15.4. The van der Waals surface area contributed by atoms with Gasteiger partial charge in [0, 0.05) is 37.2 Å². The van der Waals surface area contributed by atoms with Gasteiger partial charge in [-0.3, -0.25) is 4.79 Å². The van der Waals surface area contributed by atoms with Gasteiger partial charge >= 0.3 is 0 Å². The van der Waals surface area contributed by atoms with Gasteiger partial charge in [-0.2, -0.15) is 0 Å². The van der Waals surface area contributed by atoms with Crippen molar-refractivity contribution >= 4 is 5.78 Å². The minimum absolute atomic E-state index is 0.110. The highest BCUT2D eigenvalue weighted by Crippen LogP contribution is 2.16. The Bertz CT molecular complexity index is 487. The molecule has 5 heteroatoms. The Morgan fingerprint density at radius 2 is 2.00 bits per heavy atom. The third-order valence-corrected chi connectivity index (χ3v) is 4.10. The zero-order valence-electron chi connectivity index (χ0n) is 12.6. The minimum atomic E-state index is -0.709. The molecule has 1 saturated heterocycles. The number of rotatable bonds is 6. The molecule has 0 amide bonds. The van der Waals surface area contributed by atoms with E-state index in [4.69, 9.17) is 0 Å². The largest absolute Gasteiger partial charge is 0.304 e. The highest BCUT2D eigenvalue weighted by Gasteiger charge is 2.22. The SMILES string of the molecule is CN(CCC(=O)c1cc(F)cc(F)c1)CC1CCCN1C. The lowest BCUT2D eigenvalue weighted by atomic mass is 10.1. The first-order chi connectivity index (χ1) is 9.95. The topological polar surface area (TPSA) is 23.6 Å². The Hall–Kier alpha value is -1.33. The Morgan fingerprint density at radius 1 is 1.33 bits per heavy atom. The van der Waals surface area contributed by atoms with Crippen LogP contribution in [-0.4, -0.2) is 55.4 Å². The van der Waals surface area contributed by atoms with Crippen molar-refractivity contribution < 1.29 is 13.6 Å². The molecule has 3 nitrogen and oxygen atoms in total. The molecule has 1 heterocycles. The van der Waals surface area contributed by atoms with E-state index in [1.165, 1.54) is 12.8 Å². The van der Waals surface area contributed by atoms with Gasteiger partial charge in [-0.15, -0.1) is 0 Å². The van der Waals surface area contributed by atoms with E-state index in [0.29, 0.717) is 12.6 Å². The molecule has 0 spiro atoms. The number of carbonyl (C=O) groups is 1. The molecule has 0 N–H and O–H groups in total. The van der Waals surface area contributed by atoms with Gasteiger partial charge in [-0.05, 0) is 45.6 Å². The first kappa shape index (κ1) is 16.0. The van der Waals surface area contributed by atoms with E-state index in [9.17, 15) is 13.6 Å². The van der Waals surface area contributed by atoms with Crippen molar-refractivity contribution in [2.75, 3.05) is 33.7 Å². The van der Waals surface area contributed by atoms with Crippen LogP contribution in [0.4, 0.5) is 8.78 Å². The van der Waals surface area contributed by atoms with Crippen molar-refractivity contribution in [2.24, 2.45) is 0 Å². The quantitative estimate of drug-likeness (QED) is 0.754. The lowest BCUT2D eigenvalue weighted by Gasteiger charge is -2.25. The van der Waals surface area contributed by atoms with E-state index in [0.717, 1.165) is 31.3 Å². The molecule has 2 rings (SSSR count). The molecule has 0 aliphatic carbocycles. The van der Waals surface area contributed by atoms with E-state index < -0.39 is 11.6 Å². The number of hydrogen-bond donors (Lipinski definition) is 0. The summed E-state index contributed by atoms with van der Waals surface area (Å²) >= 11 is 0. The van der Waals surface area contributed by atoms with Gasteiger partial charge in [0.25, 0.3) is 0 Å². The van der Waals surface area contributed by atoms with Gasteiger partial charge in [-0.25, -0.2) is 8.78 Å². The summed E-state index contributed by atoms with van der Waals surface area (Å²) in [5.41, 5.74) is 0.110. The van der Waals surface area contributed by atoms with E-state index in [1.54, 1.807) is 0 Å². The summed E-state index contributed by atoms with van der Waals surface area (Å²) in [6.07, 6.45) is 2.68. The van der Waals surface area contributed by atoms with Gasteiger partial charge < -0.3 is 9.80 Å². The molecule has 0 aromatic heterocycles. The fourth-order valence-corrected chi connectivity index (χ4v) is 2.81. The lowest BCUT2D eigenvalue weighted by molar-refractivity contribution is 0.0963. The fourth-order valence-electron chi connectivity index (χ4n) is 2.81. The highest BCUT2D eigenvalue weighted by molar-refractivity contribution is 5.96. The maximum atomic E-state index is 13.1. The molecular weight excluding hydrogens is 274 g/mol. The van der Waals surface area contributed by atoms with Gasteiger partial charge in [0.1, 0.15) is 11.6 Å². The smallest absolute Gasteiger partial charge is 0.164 e. The minimum Gasteiger partial charge on any atom is -0.304 e. The summed E-state index contributed by atoms with van der Waals surface area (Å²) in [4.78, 5) is 16.4. The van der Waals surface area contributed by atoms with Crippen molar-refractivity contribution in [2.45, 2.75) is 25.3 Å². The Kier molecular flexibility index (Phi) is 5.42. The van der Waals surface area contributed by atoms with Crippen LogP contribution < -0.4 is 0 Å². The summed E-state index contributed by atoms with van der Waals surface area (Å²) in [6.45, 7) is 2.64. The molecule has 21 heavy (non-hydrogen) atoms. The molecule has 1 aromatic carbocycles. The fraction of sp³-hybridized carbons (Fsp3) is 0.562. The second kappa shape index (κ2) is 7.09. The van der Waals surface area contributed by atoms with Gasteiger partial charge in [-0.1, -0.05) is 0 Å². The number of likely N-dealkylation sites (tertiary alicyclic amines) is 1. The van der Waals surface area contributed by atoms with E-state index in [-0.39, 0.29) is 17.8 Å². The summed E-state index contributed by atoms with van der Waals surface area (Å²) in [7, 11) is 4.10. The number of carbonyl (C=O) groups excluding carboxylic acids is 1. The number of halogens is 2. The predicted octanol–water partition coefficient (Wildman–Crippen LogP) is 2.56. The van der Waals surface area contributed by atoms with Crippen LogP contribution >= 0.6 is 0 Å². The molecule has 1 fully saturated rings. The van der Waals surface area contributed by atoms with Crippen LogP contribution in [0.25, 0.3) is 0 Å². The molecule has 1 aromatic rings. The maximum absolute atomic E-state index is 13.1. The van der Waals surface area contributed by atoms with Crippen LogP contribution in [0.2, 0.25) is 0 Å². The standard InChI is InChI=1S/C16H22F2N2O/c1-19(11-15-4-3-6-20(15)2)7-5-16(21)12-8-13(17)10-14(18)9-12/h8-10,15H,3-7,11H2,1-2H3. The Balaban J connectivity index is 1.83. The van der Waals surface area contributed by atoms with Gasteiger partial charge in [0.2, 0.25) is 0 Å². The van der Waals surface area contributed by atoms with Crippen molar-refractivity contribution in [3.05, 3.63) is 35.4 Å². The van der Waals surface area contributed by atoms with E-state index in [1.807, 2.05) is 7.05 Å². The van der Waals surface area contributed by atoms with Gasteiger partial charge in [0.05, 0.1) is 0 Å². The maximum Gasteiger partial charge on any atom is 0.164 e. The molecule has 1 aliphatic heterocycles. The van der Waals surface area contributed by atoms with Crippen LogP contribution in [0.1, 0.15) is 29.6 Å². The van der Waals surface area contributed by atoms with Crippen LogP contribution in [0.5, 0.6) is 0 Å². The highest BCUT2D eigenvalue weighted by atomic mass is 19.1. The normalized spacial score (nSPS) is 19.4. The lowest BCUT2D eigenvalue weighted by Crippen LogP contribution is -2.37. The number of Topliss-reactive ketones (excluding diaryl/α,β-unsaturated/α-hetero) is 1. The molecule has 1 aliphatic rings. The van der Waals surface area contributed by atoms with Crippen LogP contribution in [-0.2, 0) is 0 Å². The summed E-state index contributed by atoms with van der Waals surface area (Å²) < 4.78 is 26.2. The average molecular weight is 296 g/mol. The first-order valence-electron chi connectivity index (χ1n) is 7.34. The summed E-state index contributed by atoms with van der Waals surface area (Å²) in [5, 5.41) is 0. The number of benzene rings is 1. The zero-order valence-corrected chi connectivity index (χ0v) is 12.6. The average Bonchev–Trinajstić information content (AvgIpc) is 2.80. The number of nitrogens with zero attached hydrogens (tertiary/aromatic N) is 2. The molecule has 1 unspecified atom stereocenters. The second-order valence-corrected chi connectivity index (χ2v) is 5.87. The molecule has 116 valence electrons. The molecular formula is C16H22F2N2O. The number of ketones is 1. The predicted molar refractivity (Wildman–Crippen MR) is 78.5 cm³/mol. The van der Waals surface area contributed by atoms with Crippen molar-refractivity contribution in [1.82, 2.24) is 9.80 Å². The molecule has 0 radical (unpaired) electrons. The van der Waals surface area contributed by atoms with Gasteiger partial charge in [0.15, 0.2) is 5.78 Å². The number of likely N-dealkylation sites (N-methyl/N-ethyl adjacent to an activating group) is 2. The van der Waals surface area contributed by atoms with Crippen LogP contribution in [0.15, 0.2) is 18.2 Å². The Labute approximate surface area is 124 Å². The third-order valence-electron chi connectivity index (χ3n) is 4.10. The van der Waals surface area contributed by atoms with E-state index >= 15 is 0 Å². The van der Waals surface area contributed by atoms with Crippen molar-refractivity contribution in [3.8, 4) is 0 Å². The van der Waals surface area contributed by atoms with Crippen molar-refractivity contribution in [1.29, 1.82) is 0 Å². The van der Waals surface area contributed by atoms with Crippen molar-refractivity contribution in [3.63, 3.8) is 0 Å². The van der Waals surface area contributed by atoms with Crippen LogP contribution in [0, 0.1) is 11.6 Å².